The minimum atomic E-state index is -1.23. The summed E-state index contributed by atoms with van der Waals surface area (Å²) in [7, 11) is 0. The second-order valence-electron chi connectivity index (χ2n) is 4.00. The zero-order valence-electron chi connectivity index (χ0n) is 10.9. The van der Waals surface area contributed by atoms with Crippen LogP contribution in [0.2, 0.25) is 0 Å². The fourth-order valence-electron chi connectivity index (χ4n) is 1.48. The average molecular weight is 380 g/mol. The van der Waals surface area contributed by atoms with Crippen LogP contribution in [0.5, 0.6) is 0 Å². The molecule has 0 spiro atoms. The summed E-state index contributed by atoms with van der Waals surface area (Å²) >= 11 is 0. The molecular weight excluding hydrogens is 363 g/mol. The average Bonchev–Trinajstić information content (AvgIpc) is 2.22. The predicted molar refractivity (Wildman–Crippen MR) is 70.6 cm³/mol. The molecule has 0 fully saturated rings. The molecule has 0 rings (SSSR count). The predicted octanol–water partition coefficient (Wildman–Crippen LogP) is -2.72. The summed E-state index contributed by atoms with van der Waals surface area (Å²) in [6.07, 6.45) is 0. The van der Waals surface area contributed by atoms with Crippen LogP contribution in [-0.2, 0) is 36.2 Å². The van der Waals surface area contributed by atoms with E-state index >= 15 is 0 Å². The fraction of sp³-hybridized carbons (Fsp3) is 0.600. The van der Waals surface area contributed by atoms with Gasteiger partial charge < -0.3 is 20.4 Å². The van der Waals surface area contributed by atoms with Crippen LogP contribution in [0.4, 0.5) is 0 Å². The molecule has 0 saturated carbocycles. The van der Waals surface area contributed by atoms with Crippen molar-refractivity contribution in [1.29, 1.82) is 0 Å². The van der Waals surface area contributed by atoms with Gasteiger partial charge in [-0.25, -0.2) is 0 Å². The van der Waals surface area contributed by atoms with Crippen LogP contribution in [0.1, 0.15) is 0 Å². The van der Waals surface area contributed by atoms with Crippen LogP contribution in [0.15, 0.2) is 0 Å². The second kappa shape index (κ2) is 13.9. The van der Waals surface area contributed by atoms with Gasteiger partial charge in [-0.15, -0.1) is 0 Å². The first-order chi connectivity index (χ1) is 9.20. The first-order valence-electron chi connectivity index (χ1n) is 5.52. The Morgan fingerprint density at radius 2 is 0.773 bits per heavy atom. The van der Waals surface area contributed by atoms with Gasteiger partial charge in [0.25, 0.3) is 0 Å². The maximum atomic E-state index is 10.6. The Hall–Kier alpha value is -0.681. The molecule has 0 saturated heterocycles. The molecule has 4 N–H and O–H groups in total. The van der Waals surface area contributed by atoms with Crippen molar-refractivity contribution in [2.45, 2.75) is 0 Å². The molecule has 127 valence electrons. The van der Waals surface area contributed by atoms with Crippen molar-refractivity contribution in [3.05, 3.63) is 0 Å². The van der Waals surface area contributed by atoms with Gasteiger partial charge in [0.2, 0.25) is 0 Å². The number of carboxylic acid groups (broad SMARTS) is 4. The van der Waals surface area contributed by atoms with Crippen LogP contribution in [0.25, 0.3) is 0 Å². The van der Waals surface area contributed by atoms with Gasteiger partial charge in [-0.2, -0.15) is 0 Å². The van der Waals surface area contributed by atoms with E-state index in [1.165, 1.54) is 0 Å². The van der Waals surface area contributed by atoms with Crippen LogP contribution in [0, 0.1) is 0 Å². The van der Waals surface area contributed by atoms with E-state index in [0.717, 1.165) is 9.80 Å². The molecule has 0 aromatic rings. The standard InChI is InChI=1S/C10H16N2O8.Cu.Na.H/c13-7(14)3-11(4-8(15)16)1-2-12(5-9(17)18)6-10(19)20;;;/h1-6H2,(H,13,14)(H,15,16)(H,17,18)(H,19,20);;;. The quantitative estimate of drug-likeness (QED) is 0.278. The molecule has 0 aliphatic carbocycles. The van der Waals surface area contributed by atoms with Crippen molar-refractivity contribution >= 4 is 53.4 Å². The topological polar surface area (TPSA) is 156 Å². The zero-order chi connectivity index (χ0) is 15.7. The summed E-state index contributed by atoms with van der Waals surface area (Å²) in [5, 5.41) is 34.5. The molecule has 1 radical (unpaired) electrons. The van der Waals surface area contributed by atoms with Crippen molar-refractivity contribution in [3.8, 4) is 0 Å². The third-order valence-electron chi connectivity index (χ3n) is 2.17. The first kappa shape index (κ1) is 26.2. The Kier molecular flexibility index (Phi) is 16.6. The van der Waals surface area contributed by atoms with E-state index in [0.29, 0.717) is 0 Å². The normalized spacial score (nSPS) is 9.73. The van der Waals surface area contributed by atoms with E-state index in [-0.39, 0.29) is 59.7 Å². The molecule has 0 atom stereocenters. The number of hydrogen-bond donors (Lipinski definition) is 4. The van der Waals surface area contributed by atoms with Gasteiger partial charge in [0, 0.05) is 30.2 Å². The van der Waals surface area contributed by atoms with Crippen LogP contribution >= 0.6 is 0 Å². The third kappa shape index (κ3) is 15.7. The van der Waals surface area contributed by atoms with Gasteiger partial charge in [0.1, 0.15) is 0 Å². The molecule has 0 aliphatic heterocycles. The maximum absolute atomic E-state index is 10.6. The van der Waals surface area contributed by atoms with Crippen molar-refractivity contribution in [3.63, 3.8) is 0 Å². The molecular formula is C10H17CuN2NaO8. The monoisotopic (exact) mass is 379 g/mol. The summed E-state index contributed by atoms with van der Waals surface area (Å²) in [6, 6.07) is 0. The Labute approximate surface area is 158 Å². The number of rotatable bonds is 11. The fourth-order valence-corrected chi connectivity index (χ4v) is 1.48. The molecule has 0 amide bonds. The number of carbonyl (C=O) groups is 4. The van der Waals surface area contributed by atoms with Crippen molar-refractivity contribution in [2.75, 3.05) is 39.3 Å². The summed E-state index contributed by atoms with van der Waals surface area (Å²) in [5.74, 6) is -4.91. The van der Waals surface area contributed by atoms with E-state index in [4.69, 9.17) is 20.4 Å². The van der Waals surface area contributed by atoms with Gasteiger partial charge in [0.05, 0.1) is 26.2 Å². The van der Waals surface area contributed by atoms with E-state index in [1.807, 2.05) is 0 Å². The molecule has 10 nitrogen and oxygen atoms in total. The van der Waals surface area contributed by atoms with Gasteiger partial charge in [0.15, 0.2) is 0 Å². The van der Waals surface area contributed by atoms with Crippen LogP contribution in [-0.4, -0.2) is 123 Å². The number of carboxylic acids is 4. The number of hydrogen-bond acceptors (Lipinski definition) is 6. The van der Waals surface area contributed by atoms with E-state index in [1.54, 1.807) is 0 Å². The molecule has 0 aromatic heterocycles. The van der Waals surface area contributed by atoms with E-state index in [2.05, 4.69) is 0 Å². The molecule has 22 heavy (non-hydrogen) atoms. The molecule has 0 aromatic carbocycles. The van der Waals surface area contributed by atoms with Crippen molar-refractivity contribution in [1.82, 2.24) is 9.80 Å². The number of aliphatic carboxylic acids is 4. The van der Waals surface area contributed by atoms with Gasteiger partial charge >= 0.3 is 53.4 Å². The van der Waals surface area contributed by atoms with Gasteiger partial charge in [-0.1, -0.05) is 0 Å². The Morgan fingerprint density at radius 1 is 0.591 bits per heavy atom. The molecule has 12 heteroatoms. The first-order valence-corrected chi connectivity index (χ1v) is 5.52. The summed E-state index contributed by atoms with van der Waals surface area (Å²) < 4.78 is 0. The van der Waals surface area contributed by atoms with E-state index in [9.17, 15) is 19.2 Å². The molecule has 0 bridgehead atoms. The summed E-state index contributed by atoms with van der Waals surface area (Å²) in [5.41, 5.74) is 0. The Balaban J connectivity index is -0.00000180. The minimum absolute atomic E-state index is 0. The second-order valence-corrected chi connectivity index (χ2v) is 4.00. The van der Waals surface area contributed by atoms with E-state index < -0.39 is 50.1 Å². The van der Waals surface area contributed by atoms with Gasteiger partial charge in [-0.05, 0) is 0 Å². The van der Waals surface area contributed by atoms with Crippen LogP contribution in [0.3, 0.4) is 0 Å². The molecule has 0 unspecified atom stereocenters. The van der Waals surface area contributed by atoms with Crippen molar-refractivity contribution < 1.29 is 56.7 Å². The van der Waals surface area contributed by atoms with Gasteiger partial charge in [-0.3, -0.25) is 29.0 Å². The summed E-state index contributed by atoms with van der Waals surface area (Å²) in [4.78, 5) is 44.4. The Morgan fingerprint density at radius 3 is 0.909 bits per heavy atom. The SMILES string of the molecule is O=C(O)CN(CCN(CC(=O)O)CC(=O)O)CC(=O)O.[Cu].[NaH]. The zero-order valence-corrected chi connectivity index (χ0v) is 11.8. The molecule has 0 aliphatic rings. The third-order valence-corrected chi connectivity index (χ3v) is 2.17. The Bertz CT molecular complexity index is 327. The van der Waals surface area contributed by atoms with Crippen LogP contribution < -0.4 is 0 Å². The molecule has 0 heterocycles. The number of nitrogens with zero attached hydrogens (tertiary/aromatic N) is 2. The van der Waals surface area contributed by atoms with Crippen molar-refractivity contribution in [2.24, 2.45) is 0 Å². The summed E-state index contributed by atoms with van der Waals surface area (Å²) in [6.45, 7) is -2.25.